The van der Waals surface area contributed by atoms with Crippen LogP contribution in [-0.2, 0) is 23.8 Å². The summed E-state index contributed by atoms with van der Waals surface area (Å²) in [6.45, 7) is 0. The van der Waals surface area contributed by atoms with Gasteiger partial charge in [-0.15, -0.1) is 0 Å². The van der Waals surface area contributed by atoms with Crippen LogP contribution in [0.4, 0.5) is 0 Å². The average Bonchev–Trinajstić information content (AvgIpc) is 2.82. The fourth-order valence-corrected chi connectivity index (χ4v) is 6.64. The normalized spacial score (nSPS) is 48.6. The standard InChI is InChI=1S/C18H22O5/c1-21-15(19)17-10-8-6-4-3-5-7-9(10)11-12-14(23-13(11)17)18(12,17)16(20)22-2/h11-14H,3-8H2,1-2H3/t11-,12+,13+,14-,17-,18+/m0/s1. The van der Waals surface area contributed by atoms with E-state index in [1.54, 1.807) is 0 Å². The second-order valence-corrected chi connectivity index (χ2v) is 7.61. The zero-order valence-corrected chi connectivity index (χ0v) is 13.6. The first-order valence-electron chi connectivity index (χ1n) is 8.72. The number of hydrogen-bond donors (Lipinski definition) is 0. The van der Waals surface area contributed by atoms with Crippen LogP contribution in [0.15, 0.2) is 11.1 Å². The molecular weight excluding hydrogens is 296 g/mol. The highest BCUT2D eigenvalue weighted by atomic mass is 16.6. The third-order valence-electron chi connectivity index (χ3n) is 7.20. The van der Waals surface area contributed by atoms with Crippen LogP contribution in [0.1, 0.15) is 38.5 Å². The van der Waals surface area contributed by atoms with Crippen molar-refractivity contribution < 1.29 is 23.8 Å². The van der Waals surface area contributed by atoms with Gasteiger partial charge in [0.1, 0.15) is 10.8 Å². The van der Waals surface area contributed by atoms with Crippen molar-refractivity contribution in [1.29, 1.82) is 0 Å². The Labute approximate surface area is 135 Å². The van der Waals surface area contributed by atoms with Crippen LogP contribution < -0.4 is 0 Å². The molecule has 6 rings (SSSR count). The Morgan fingerprint density at radius 2 is 1.70 bits per heavy atom. The molecule has 0 spiro atoms. The minimum absolute atomic E-state index is 0.122. The molecule has 0 amide bonds. The molecule has 4 fully saturated rings. The van der Waals surface area contributed by atoms with Crippen molar-refractivity contribution in [2.75, 3.05) is 14.2 Å². The molecule has 2 heterocycles. The van der Waals surface area contributed by atoms with Gasteiger partial charge in [0.15, 0.2) is 0 Å². The minimum atomic E-state index is -0.901. The van der Waals surface area contributed by atoms with Crippen molar-refractivity contribution in [3.63, 3.8) is 0 Å². The Morgan fingerprint density at radius 3 is 2.39 bits per heavy atom. The van der Waals surface area contributed by atoms with Gasteiger partial charge in [0.2, 0.25) is 0 Å². The van der Waals surface area contributed by atoms with Crippen LogP contribution in [-0.4, -0.2) is 38.4 Å². The monoisotopic (exact) mass is 318 g/mol. The highest BCUT2D eigenvalue weighted by Crippen LogP contribution is 2.89. The molecule has 2 saturated heterocycles. The molecule has 5 heteroatoms. The lowest BCUT2D eigenvalue weighted by molar-refractivity contribution is -0.165. The molecule has 0 aromatic rings. The van der Waals surface area contributed by atoms with Crippen molar-refractivity contribution in [2.24, 2.45) is 22.7 Å². The summed E-state index contributed by atoms with van der Waals surface area (Å²) in [7, 11) is 2.83. The molecule has 4 aliphatic carbocycles. The number of rotatable bonds is 2. The minimum Gasteiger partial charge on any atom is -0.468 e. The number of esters is 2. The quantitative estimate of drug-likeness (QED) is 0.575. The van der Waals surface area contributed by atoms with E-state index >= 15 is 0 Å². The van der Waals surface area contributed by atoms with E-state index in [0.29, 0.717) is 0 Å². The van der Waals surface area contributed by atoms with Gasteiger partial charge >= 0.3 is 11.9 Å². The number of carbonyl (C=O) groups excluding carboxylic acids is 2. The van der Waals surface area contributed by atoms with Crippen molar-refractivity contribution in [1.82, 2.24) is 0 Å². The van der Waals surface area contributed by atoms with Crippen LogP contribution in [0.5, 0.6) is 0 Å². The maximum Gasteiger partial charge on any atom is 0.319 e. The van der Waals surface area contributed by atoms with Crippen LogP contribution in [0.2, 0.25) is 0 Å². The van der Waals surface area contributed by atoms with E-state index in [2.05, 4.69) is 0 Å². The zero-order valence-electron chi connectivity index (χ0n) is 13.6. The summed E-state index contributed by atoms with van der Waals surface area (Å²) in [5.74, 6) is -0.217. The summed E-state index contributed by atoms with van der Waals surface area (Å²) < 4.78 is 16.5. The predicted molar refractivity (Wildman–Crippen MR) is 79.3 cm³/mol. The first-order valence-corrected chi connectivity index (χ1v) is 8.72. The molecule has 5 nitrogen and oxygen atoms in total. The number of methoxy groups -OCH3 is 2. The maximum absolute atomic E-state index is 13.0. The summed E-state index contributed by atoms with van der Waals surface area (Å²) >= 11 is 0. The van der Waals surface area contributed by atoms with Gasteiger partial charge in [-0.3, -0.25) is 9.59 Å². The summed E-state index contributed by atoms with van der Waals surface area (Å²) in [6, 6.07) is 0. The second-order valence-electron chi connectivity index (χ2n) is 7.61. The number of ether oxygens (including phenoxy) is 3. The molecule has 2 aliphatic heterocycles. The molecule has 0 N–H and O–H groups in total. The number of carbonyl (C=O) groups is 2. The van der Waals surface area contributed by atoms with Crippen LogP contribution >= 0.6 is 0 Å². The molecule has 0 unspecified atom stereocenters. The Bertz CT molecular complexity index is 652. The second kappa shape index (κ2) is 4.18. The Balaban J connectivity index is 1.73. The van der Waals surface area contributed by atoms with Gasteiger partial charge in [0, 0.05) is 11.8 Å². The van der Waals surface area contributed by atoms with E-state index in [0.717, 1.165) is 19.3 Å². The third kappa shape index (κ3) is 1.16. The lowest BCUT2D eigenvalue weighted by Crippen LogP contribution is -2.48. The van der Waals surface area contributed by atoms with E-state index in [9.17, 15) is 9.59 Å². The lowest BCUT2D eigenvalue weighted by atomic mass is 9.66. The summed E-state index contributed by atoms with van der Waals surface area (Å²) in [5, 5.41) is 0. The lowest BCUT2D eigenvalue weighted by Gasteiger charge is -2.35. The summed E-state index contributed by atoms with van der Waals surface area (Å²) in [5.41, 5.74) is 0.870. The van der Waals surface area contributed by atoms with Crippen molar-refractivity contribution in [2.45, 2.75) is 50.7 Å². The van der Waals surface area contributed by atoms with Crippen LogP contribution in [0.25, 0.3) is 0 Å². The van der Waals surface area contributed by atoms with Crippen molar-refractivity contribution in [3.05, 3.63) is 11.1 Å². The Kier molecular flexibility index (Phi) is 2.55. The first-order chi connectivity index (χ1) is 11.2. The van der Waals surface area contributed by atoms with E-state index in [1.165, 1.54) is 44.6 Å². The van der Waals surface area contributed by atoms with Crippen molar-refractivity contribution in [3.8, 4) is 0 Å². The molecular formula is C18H22O5. The van der Waals surface area contributed by atoms with Gasteiger partial charge < -0.3 is 14.2 Å². The highest BCUT2D eigenvalue weighted by molar-refractivity contribution is 6.00. The Hall–Kier alpha value is -1.36. The molecule has 0 aromatic heterocycles. The third-order valence-corrected chi connectivity index (χ3v) is 7.20. The van der Waals surface area contributed by atoms with E-state index < -0.39 is 10.8 Å². The van der Waals surface area contributed by atoms with Gasteiger partial charge in [-0.25, -0.2) is 0 Å². The molecule has 6 bridgehead atoms. The van der Waals surface area contributed by atoms with E-state index in [1.807, 2.05) is 0 Å². The van der Waals surface area contributed by atoms with Crippen LogP contribution in [0.3, 0.4) is 0 Å². The van der Waals surface area contributed by atoms with Gasteiger partial charge in [0.05, 0.1) is 26.4 Å². The SMILES string of the molecule is COC(=O)[C@]12C3=C(CCCCCC3)[C@H]3[C@@H]4[C@H](O[C@H]31)[C@@]42C(=O)OC. The summed E-state index contributed by atoms with van der Waals surface area (Å²) in [6.07, 6.45) is 6.24. The Morgan fingerprint density at radius 1 is 1.00 bits per heavy atom. The molecule has 6 aliphatic rings. The smallest absolute Gasteiger partial charge is 0.319 e. The predicted octanol–water partition coefficient (Wildman–Crippen LogP) is 2.00. The van der Waals surface area contributed by atoms with Crippen molar-refractivity contribution >= 4 is 11.9 Å². The highest BCUT2D eigenvalue weighted by Gasteiger charge is 3.00. The molecule has 0 radical (unpaired) electrons. The zero-order chi connectivity index (χ0) is 16.0. The van der Waals surface area contributed by atoms with E-state index in [-0.39, 0.29) is 36.0 Å². The first kappa shape index (κ1) is 14.0. The maximum atomic E-state index is 13.0. The summed E-state index contributed by atoms with van der Waals surface area (Å²) in [4.78, 5) is 25.7. The molecule has 0 aromatic carbocycles. The fraction of sp³-hybridized carbons (Fsp3) is 0.778. The van der Waals surface area contributed by atoms with Gasteiger partial charge in [0.25, 0.3) is 0 Å². The largest absolute Gasteiger partial charge is 0.468 e. The molecule has 6 atom stereocenters. The van der Waals surface area contributed by atoms with Gasteiger partial charge in [-0.1, -0.05) is 18.4 Å². The average molecular weight is 318 g/mol. The van der Waals surface area contributed by atoms with Gasteiger partial charge in [-0.2, -0.15) is 0 Å². The molecule has 23 heavy (non-hydrogen) atoms. The number of hydrogen-bond acceptors (Lipinski definition) is 5. The van der Waals surface area contributed by atoms with Gasteiger partial charge in [-0.05, 0) is 31.3 Å². The molecule has 124 valence electrons. The van der Waals surface area contributed by atoms with E-state index in [4.69, 9.17) is 14.2 Å². The van der Waals surface area contributed by atoms with Crippen LogP contribution in [0, 0.1) is 22.7 Å². The molecule has 2 saturated carbocycles. The topological polar surface area (TPSA) is 61.8 Å². The fourth-order valence-electron chi connectivity index (χ4n) is 6.64.